The number of carbonyl (C=O) groups is 2. The largest absolute Gasteiger partial charge is 0.483 e. The van der Waals surface area contributed by atoms with Crippen LogP contribution < -0.4 is 10.1 Å². The van der Waals surface area contributed by atoms with Gasteiger partial charge in [-0.25, -0.2) is 0 Å². The molecule has 4 nitrogen and oxygen atoms in total. The van der Waals surface area contributed by atoms with Gasteiger partial charge in [0, 0.05) is 11.4 Å². The summed E-state index contributed by atoms with van der Waals surface area (Å²) >= 11 is 5.97. The lowest BCUT2D eigenvalue weighted by Crippen LogP contribution is -2.34. The summed E-state index contributed by atoms with van der Waals surface area (Å²) in [6.45, 7) is 1.64. The summed E-state index contributed by atoms with van der Waals surface area (Å²) in [5.41, 5.74) is 2.88. The molecular formula is C21H22ClNO3. The van der Waals surface area contributed by atoms with E-state index in [0.717, 1.165) is 19.3 Å². The maximum Gasteiger partial charge on any atom is 0.258 e. The van der Waals surface area contributed by atoms with Crippen LogP contribution in [0.25, 0.3) is 0 Å². The lowest BCUT2D eigenvalue weighted by molar-refractivity contribution is -0.124. The van der Waals surface area contributed by atoms with Gasteiger partial charge in [-0.05, 0) is 48.6 Å². The zero-order chi connectivity index (χ0) is 18.5. The molecule has 1 amide bonds. The summed E-state index contributed by atoms with van der Waals surface area (Å²) in [4.78, 5) is 24.4. The molecule has 1 atom stereocenters. The number of hydrogen-bond donors (Lipinski definition) is 1. The fraction of sp³-hybridized carbons (Fsp3) is 0.333. The average Bonchev–Trinajstić information content (AvgIpc) is 2.66. The number of hydrogen-bond acceptors (Lipinski definition) is 3. The molecule has 5 heteroatoms. The van der Waals surface area contributed by atoms with E-state index in [1.54, 1.807) is 25.1 Å². The number of carbonyl (C=O) groups excluding carboxylic acids is 2. The van der Waals surface area contributed by atoms with Crippen LogP contribution in [0.15, 0.2) is 42.5 Å². The van der Waals surface area contributed by atoms with Crippen molar-refractivity contribution in [1.29, 1.82) is 0 Å². The second kappa shape index (κ2) is 8.37. The van der Waals surface area contributed by atoms with Crippen LogP contribution in [0.5, 0.6) is 5.75 Å². The van der Waals surface area contributed by atoms with E-state index in [0.29, 0.717) is 22.8 Å². The Hall–Kier alpha value is -2.33. The molecule has 0 heterocycles. The summed E-state index contributed by atoms with van der Waals surface area (Å²) in [5, 5.41) is 3.51. The predicted octanol–water partition coefficient (Wildman–Crippen LogP) is 4.51. The highest BCUT2D eigenvalue weighted by atomic mass is 35.5. The van der Waals surface area contributed by atoms with Gasteiger partial charge in [-0.15, -0.1) is 0 Å². The van der Waals surface area contributed by atoms with Gasteiger partial charge in [0.2, 0.25) is 0 Å². The molecule has 1 aliphatic rings. The monoisotopic (exact) mass is 371 g/mol. The maximum atomic E-state index is 12.4. The van der Waals surface area contributed by atoms with E-state index in [1.807, 2.05) is 12.1 Å². The summed E-state index contributed by atoms with van der Waals surface area (Å²) < 4.78 is 5.61. The number of fused-ring (bicyclic) bond motifs is 1. The molecule has 0 radical (unpaired) electrons. The number of rotatable bonds is 6. The van der Waals surface area contributed by atoms with Crippen LogP contribution in [-0.4, -0.2) is 18.3 Å². The highest BCUT2D eigenvalue weighted by Crippen LogP contribution is 2.29. The highest BCUT2D eigenvalue weighted by molar-refractivity contribution is 6.31. The van der Waals surface area contributed by atoms with Gasteiger partial charge in [0.15, 0.2) is 12.4 Å². The minimum atomic E-state index is -0.198. The van der Waals surface area contributed by atoms with E-state index in [4.69, 9.17) is 16.3 Å². The molecule has 0 saturated heterocycles. The van der Waals surface area contributed by atoms with Crippen molar-refractivity contribution in [2.24, 2.45) is 0 Å². The first-order valence-corrected chi connectivity index (χ1v) is 9.29. The number of benzene rings is 2. The van der Waals surface area contributed by atoms with Crippen molar-refractivity contribution in [1.82, 2.24) is 5.32 Å². The molecule has 0 spiro atoms. The van der Waals surface area contributed by atoms with E-state index in [2.05, 4.69) is 17.4 Å². The molecular weight excluding hydrogens is 350 g/mol. The van der Waals surface area contributed by atoms with Crippen LogP contribution in [0.3, 0.4) is 0 Å². The van der Waals surface area contributed by atoms with Gasteiger partial charge in [0.25, 0.3) is 5.91 Å². The Kier molecular flexibility index (Phi) is 5.94. The predicted molar refractivity (Wildman–Crippen MR) is 102 cm³/mol. The quantitative estimate of drug-likeness (QED) is 0.760. The Morgan fingerprint density at radius 1 is 1.23 bits per heavy atom. The van der Waals surface area contributed by atoms with Gasteiger partial charge in [-0.3, -0.25) is 9.59 Å². The molecule has 0 bridgehead atoms. The van der Waals surface area contributed by atoms with E-state index >= 15 is 0 Å². The summed E-state index contributed by atoms with van der Waals surface area (Å²) in [5.74, 6) is 0.126. The SMILES string of the molecule is CCC(=O)c1cc(Cl)ccc1OCC(=O)N[C@H]1CCCc2ccccc21. The Morgan fingerprint density at radius 3 is 2.85 bits per heavy atom. The molecule has 0 aliphatic heterocycles. The maximum absolute atomic E-state index is 12.4. The Balaban J connectivity index is 1.65. The average molecular weight is 372 g/mol. The van der Waals surface area contributed by atoms with Crippen LogP contribution in [-0.2, 0) is 11.2 Å². The number of Topliss-reactive ketones (excluding diaryl/α,β-unsaturated/α-hetero) is 1. The minimum absolute atomic E-state index is 0.0120. The molecule has 136 valence electrons. The lowest BCUT2D eigenvalue weighted by atomic mass is 9.88. The summed E-state index contributed by atoms with van der Waals surface area (Å²) in [6, 6.07) is 13.1. The Labute approximate surface area is 158 Å². The number of nitrogens with one attached hydrogen (secondary N) is 1. The van der Waals surface area contributed by atoms with Crippen LogP contribution in [0.2, 0.25) is 5.02 Å². The van der Waals surface area contributed by atoms with Crippen LogP contribution >= 0.6 is 11.6 Å². The van der Waals surface area contributed by atoms with Gasteiger partial charge in [0.1, 0.15) is 5.75 Å². The second-order valence-electron chi connectivity index (χ2n) is 6.42. The summed E-state index contributed by atoms with van der Waals surface area (Å²) in [6.07, 6.45) is 3.37. The lowest BCUT2D eigenvalue weighted by Gasteiger charge is -2.26. The van der Waals surface area contributed by atoms with Crippen LogP contribution in [0.1, 0.15) is 53.7 Å². The second-order valence-corrected chi connectivity index (χ2v) is 6.85. The van der Waals surface area contributed by atoms with Gasteiger partial charge in [-0.1, -0.05) is 42.8 Å². The van der Waals surface area contributed by atoms with E-state index in [9.17, 15) is 9.59 Å². The standard InChI is InChI=1S/C21H22ClNO3/c1-2-19(24)17-12-15(22)10-11-20(17)26-13-21(25)23-18-9-5-7-14-6-3-4-8-16(14)18/h3-4,6,8,10-12,18H,2,5,7,9,13H2,1H3,(H,23,25)/t18-/m0/s1. The van der Waals surface area contributed by atoms with Crippen molar-refractivity contribution < 1.29 is 14.3 Å². The Morgan fingerprint density at radius 2 is 2.04 bits per heavy atom. The fourth-order valence-electron chi connectivity index (χ4n) is 3.32. The fourth-order valence-corrected chi connectivity index (χ4v) is 3.49. The molecule has 0 fully saturated rings. The normalized spacial score (nSPS) is 15.8. The third kappa shape index (κ3) is 4.25. The first-order valence-electron chi connectivity index (χ1n) is 8.91. The van der Waals surface area contributed by atoms with E-state index in [1.165, 1.54) is 11.1 Å². The minimum Gasteiger partial charge on any atom is -0.483 e. The Bertz CT molecular complexity index is 819. The van der Waals surface area contributed by atoms with Crippen molar-refractivity contribution in [3.05, 3.63) is 64.2 Å². The molecule has 0 aromatic heterocycles. The third-order valence-corrected chi connectivity index (χ3v) is 4.86. The molecule has 26 heavy (non-hydrogen) atoms. The van der Waals surface area contributed by atoms with E-state index < -0.39 is 0 Å². The van der Waals surface area contributed by atoms with Crippen molar-refractivity contribution in [2.75, 3.05) is 6.61 Å². The van der Waals surface area contributed by atoms with Gasteiger partial charge < -0.3 is 10.1 Å². The van der Waals surface area contributed by atoms with Crippen molar-refractivity contribution in [3.8, 4) is 5.75 Å². The molecule has 1 N–H and O–H groups in total. The number of aryl methyl sites for hydroxylation is 1. The topological polar surface area (TPSA) is 55.4 Å². The van der Waals surface area contributed by atoms with Crippen LogP contribution in [0, 0.1) is 0 Å². The van der Waals surface area contributed by atoms with Gasteiger partial charge in [-0.2, -0.15) is 0 Å². The highest BCUT2D eigenvalue weighted by Gasteiger charge is 2.21. The number of ether oxygens (including phenoxy) is 1. The van der Waals surface area contributed by atoms with Crippen LogP contribution in [0.4, 0.5) is 0 Å². The summed E-state index contributed by atoms with van der Waals surface area (Å²) in [7, 11) is 0. The zero-order valence-electron chi connectivity index (χ0n) is 14.8. The van der Waals surface area contributed by atoms with E-state index in [-0.39, 0.29) is 24.3 Å². The van der Waals surface area contributed by atoms with Gasteiger partial charge >= 0.3 is 0 Å². The van der Waals surface area contributed by atoms with Gasteiger partial charge in [0.05, 0.1) is 11.6 Å². The number of halogens is 1. The zero-order valence-corrected chi connectivity index (χ0v) is 15.5. The third-order valence-electron chi connectivity index (χ3n) is 4.63. The van der Waals surface area contributed by atoms with Crippen molar-refractivity contribution in [2.45, 2.75) is 38.6 Å². The van der Waals surface area contributed by atoms with Crippen molar-refractivity contribution >= 4 is 23.3 Å². The smallest absolute Gasteiger partial charge is 0.258 e. The molecule has 0 unspecified atom stereocenters. The van der Waals surface area contributed by atoms with Crippen molar-refractivity contribution in [3.63, 3.8) is 0 Å². The first-order chi connectivity index (χ1) is 12.6. The molecule has 3 rings (SSSR count). The molecule has 2 aromatic rings. The molecule has 2 aromatic carbocycles. The molecule has 1 aliphatic carbocycles. The number of ketones is 1. The first kappa shape index (κ1) is 18.5. The number of amides is 1. The molecule has 0 saturated carbocycles.